The minimum absolute atomic E-state index is 0.0876. The van der Waals surface area contributed by atoms with Crippen LogP contribution in [0, 0.1) is 5.92 Å². The number of rotatable bonds is 9. The van der Waals surface area contributed by atoms with Crippen LogP contribution in [0.1, 0.15) is 56.9 Å². The summed E-state index contributed by atoms with van der Waals surface area (Å²) < 4.78 is 1.94. The zero-order valence-electron chi connectivity index (χ0n) is 22.0. The Morgan fingerprint density at radius 2 is 1.77 bits per heavy atom. The molecule has 2 aliphatic rings. The molecule has 2 fully saturated rings. The number of carbonyl (C=O) groups excluding carboxylic acids is 1. The summed E-state index contributed by atoms with van der Waals surface area (Å²) in [6.07, 6.45) is 11.6. The van der Waals surface area contributed by atoms with Gasteiger partial charge < -0.3 is 25.2 Å². The molecule has 1 atom stereocenters. The van der Waals surface area contributed by atoms with Crippen LogP contribution in [0.3, 0.4) is 0 Å². The SMILES string of the molecule is O=C(NCc1ccc(Cl)cc1Cl)C(CC1CCCCC1)Nc1cc(-n2cccc2)nc(N2CCC(O)CC2)n1. The Kier molecular flexibility index (Phi) is 9.27. The fraction of sp³-hybridized carbons (Fsp3) is 0.483. The molecule has 1 unspecified atom stereocenters. The van der Waals surface area contributed by atoms with Crippen LogP contribution in [-0.2, 0) is 11.3 Å². The predicted octanol–water partition coefficient (Wildman–Crippen LogP) is 5.60. The van der Waals surface area contributed by atoms with E-state index in [0.717, 1.165) is 30.6 Å². The Morgan fingerprint density at radius 1 is 1.03 bits per heavy atom. The van der Waals surface area contributed by atoms with Crippen LogP contribution in [-0.4, -0.2) is 50.8 Å². The van der Waals surface area contributed by atoms with Gasteiger partial charge in [0.1, 0.15) is 17.7 Å². The van der Waals surface area contributed by atoms with Crippen LogP contribution in [0.25, 0.3) is 5.82 Å². The first kappa shape index (κ1) is 27.7. The van der Waals surface area contributed by atoms with E-state index < -0.39 is 6.04 Å². The molecule has 1 saturated carbocycles. The molecule has 5 rings (SSSR count). The van der Waals surface area contributed by atoms with Crippen molar-refractivity contribution in [2.75, 3.05) is 23.3 Å². The van der Waals surface area contributed by atoms with Crippen molar-refractivity contribution >= 4 is 40.9 Å². The van der Waals surface area contributed by atoms with Crippen molar-refractivity contribution in [1.29, 1.82) is 0 Å². The van der Waals surface area contributed by atoms with Gasteiger partial charge in [0, 0.05) is 48.1 Å². The highest BCUT2D eigenvalue weighted by molar-refractivity contribution is 6.35. The standard InChI is InChI=1S/C29H36Cl2N6O2/c30-22-9-8-21(24(31)17-22)19-32-28(39)25(16-20-6-2-1-3-7-20)33-26-18-27(36-12-4-5-13-36)35-29(34-26)37-14-10-23(38)11-15-37/h4-5,8-9,12-13,17-18,20,23,25,38H,1-3,6-7,10-11,14-16,19H2,(H,32,39)(H,33,34,35). The number of aliphatic hydroxyl groups is 1. The fourth-order valence-corrected chi connectivity index (χ4v) is 5.93. The van der Waals surface area contributed by atoms with Crippen LogP contribution in [0.5, 0.6) is 0 Å². The molecule has 0 radical (unpaired) electrons. The van der Waals surface area contributed by atoms with Gasteiger partial charge in [-0.05, 0) is 55.0 Å². The number of aromatic nitrogens is 3. The van der Waals surface area contributed by atoms with E-state index in [1.54, 1.807) is 12.1 Å². The molecule has 1 saturated heterocycles. The summed E-state index contributed by atoms with van der Waals surface area (Å²) in [4.78, 5) is 25.3. The molecular weight excluding hydrogens is 535 g/mol. The van der Waals surface area contributed by atoms with Gasteiger partial charge in [0.2, 0.25) is 11.9 Å². The largest absolute Gasteiger partial charge is 0.393 e. The van der Waals surface area contributed by atoms with Gasteiger partial charge in [0.05, 0.1) is 6.10 Å². The van der Waals surface area contributed by atoms with Crippen molar-refractivity contribution in [3.8, 4) is 5.82 Å². The van der Waals surface area contributed by atoms with Crippen molar-refractivity contribution < 1.29 is 9.90 Å². The predicted molar refractivity (Wildman–Crippen MR) is 156 cm³/mol. The van der Waals surface area contributed by atoms with Gasteiger partial charge in [0.25, 0.3) is 0 Å². The van der Waals surface area contributed by atoms with Crippen LogP contribution in [0.4, 0.5) is 11.8 Å². The zero-order chi connectivity index (χ0) is 27.2. The number of nitrogens with zero attached hydrogens (tertiary/aromatic N) is 4. The lowest BCUT2D eigenvalue weighted by Gasteiger charge is -2.30. The second-order valence-corrected chi connectivity index (χ2v) is 11.5. The quantitative estimate of drug-likeness (QED) is 0.310. The molecule has 1 aliphatic carbocycles. The smallest absolute Gasteiger partial charge is 0.242 e. The zero-order valence-corrected chi connectivity index (χ0v) is 23.5. The molecule has 10 heteroatoms. The third-order valence-corrected chi connectivity index (χ3v) is 8.30. The second-order valence-electron chi connectivity index (χ2n) is 10.6. The Hall–Kier alpha value is -2.81. The maximum atomic E-state index is 13.6. The summed E-state index contributed by atoms with van der Waals surface area (Å²) in [6, 6.07) is 10.6. The van der Waals surface area contributed by atoms with Gasteiger partial charge in [-0.3, -0.25) is 4.79 Å². The van der Waals surface area contributed by atoms with Gasteiger partial charge in [-0.15, -0.1) is 0 Å². The molecule has 1 aliphatic heterocycles. The molecule has 0 spiro atoms. The highest BCUT2D eigenvalue weighted by Gasteiger charge is 2.26. The van der Waals surface area contributed by atoms with Crippen molar-refractivity contribution in [1.82, 2.24) is 19.9 Å². The van der Waals surface area contributed by atoms with E-state index in [9.17, 15) is 9.90 Å². The summed E-state index contributed by atoms with van der Waals surface area (Å²) in [5, 5.41) is 17.6. The number of carbonyl (C=O) groups is 1. The summed E-state index contributed by atoms with van der Waals surface area (Å²) in [6.45, 7) is 1.69. The minimum Gasteiger partial charge on any atom is -0.393 e. The fourth-order valence-electron chi connectivity index (χ4n) is 5.46. The lowest BCUT2D eigenvalue weighted by atomic mass is 9.84. The average Bonchev–Trinajstić information content (AvgIpc) is 3.48. The van der Waals surface area contributed by atoms with Crippen molar-refractivity contribution in [3.63, 3.8) is 0 Å². The Bertz CT molecular complexity index is 1240. The van der Waals surface area contributed by atoms with E-state index in [2.05, 4.69) is 15.5 Å². The van der Waals surface area contributed by atoms with E-state index in [0.29, 0.717) is 60.2 Å². The topological polar surface area (TPSA) is 95.3 Å². The third kappa shape index (κ3) is 7.44. The van der Waals surface area contributed by atoms with Crippen LogP contribution in [0.2, 0.25) is 10.0 Å². The molecule has 3 N–H and O–H groups in total. The number of aliphatic hydroxyl groups excluding tert-OH is 1. The maximum absolute atomic E-state index is 13.6. The number of nitrogens with one attached hydrogen (secondary N) is 2. The summed E-state index contributed by atoms with van der Waals surface area (Å²) in [7, 11) is 0. The lowest BCUT2D eigenvalue weighted by molar-refractivity contribution is -0.122. The first-order chi connectivity index (χ1) is 18.9. The molecule has 208 valence electrons. The van der Waals surface area contributed by atoms with Gasteiger partial charge in [-0.25, -0.2) is 0 Å². The van der Waals surface area contributed by atoms with Gasteiger partial charge in [0.15, 0.2) is 0 Å². The van der Waals surface area contributed by atoms with Crippen molar-refractivity contribution in [3.05, 3.63) is 64.4 Å². The highest BCUT2D eigenvalue weighted by Crippen LogP contribution is 2.29. The molecule has 3 heterocycles. The molecule has 2 aromatic heterocycles. The molecule has 1 amide bonds. The first-order valence-electron chi connectivity index (χ1n) is 13.9. The summed E-state index contributed by atoms with van der Waals surface area (Å²) in [5.41, 5.74) is 0.817. The summed E-state index contributed by atoms with van der Waals surface area (Å²) in [5.74, 6) is 2.32. The van der Waals surface area contributed by atoms with E-state index >= 15 is 0 Å². The van der Waals surface area contributed by atoms with Crippen molar-refractivity contribution in [2.45, 2.75) is 70.1 Å². The number of hydrogen-bond donors (Lipinski definition) is 3. The Balaban J connectivity index is 1.38. The number of halogens is 2. The molecule has 39 heavy (non-hydrogen) atoms. The van der Waals surface area contributed by atoms with E-state index in [-0.39, 0.29) is 12.0 Å². The Labute approximate surface area is 239 Å². The molecule has 1 aromatic carbocycles. The van der Waals surface area contributed by atoms with Gasteiger partial charge in [-0.2, -0.15) is 9.97 Å². The third-order valence-electron chi connectivity index (χ3n) is 7.72. The number of piperidine rings is 1. The van der Waals surface area contributed by atoms with Gasteiger partial charge >= 0.3 is 0 Å². The van der Waals surface area contributed by atoms with Crippen LogP contribution < -0.4 is 15.5 Å². The number of amides is 1. The molecule has 8 nitrogen and oxygen atoms in total. The maximum Gasteiger partial charge on any atom is 0.242 e. The lowest BCUT2D eigenvalue weighted by Crippen LogP contribution is -2.41. The summed E-state index contributed by atoms with van der Waals surface area (Å²) >= 11 is 12.4. The number of benzene rings is 1. The average molecular weight is 572 g/mol. The van der Waals surface area contributed by atoms with Crippen LogP contribution >= 0.6 is 23.2 Å². The minimum atomic E-state index is -0.456. The normalized spacial score (nSPS) is 17.7. The monoisotopic (exact) mass is 570 g/mol. The molecular formula is C29H36Cl2N6O2. The van der Waals surface area contributed by atoms with Crippen molar-refractivity contribution in [2.24, 2.45) is 5.92 Å². The molecule has 3 aromatic rings. The van der Waals surface area contributed by atoms with Gasteiger partial charge in [-0.1, -0.05) is 61.4 Å². The number of hydrogen-bond acceptors (Lipinski definition) is 6. The van der Waals surface area contributed by atoms with Crippen LogP contribution in [0.15, 0.2) is 48.8 Å². The number of anilines is 2. The van der Waals surface area contributed by atoms with E-state index in [4.69, 9.17) is 33.2 Å². The van der Waals surface area contributed by atoms with E-state index in [1.807, 2.05) is 41.2 Å². The molecule has 0 bridgehead atoms. The Morgan fingerprint density at radius 3 is 2.49 bits per heavy atom. The second kappa shape index (κ2) is 13.0. The van der Waals surface area contributed by atoms with E-state index in [1.165, 1.54) is 19.3 Å². The first-order valence-corrected chi connectivity index (χ1v) is 14.6. The highest BCUT2D eigenvalue weighted by atomic mass is 35.5.